The predicted molar refractivity (Wildman–Crippen MR) is 75.5 cm³/mol. The Kier molecular flexibility index (Phi) is 6.70. The summed E-state index contributed by atoms with van der Waals surface area (Å²) in [5.41, 5.74) is 5.72. The third kappa shape index (κ3) is 4.99. The van der Waals surface area contributed by atoms with E-state index in [1.807, 2.05) is 17.9 Å². The first kappa shape index (κ1) is 16.1. The number of carbonyl (C=O) groups is 2. The number of carbonyl (C=O) groups excluding carboxylic acids is 2. The molecular weight excluding hydrogens is 259 g/mol. The van der Waals surface area contributed by atoms with Gasteiger partial charge in [0.1, 0.15) is 5.82 Å². The van der Waals surface area contributed by atoms with Gasteiger partial charge < -0.3 is 10.6 Å². The number of aryl methyl sites for hydroxylation is 2. The highest BCUT2D eigenvalue weighted by Gasteiger charge is 2.17. The van der Waals surface area contributed by atoms with Gasteiger partial charge in [-0.15, -0.1) is 0 Å². The minimum atomic E-state index is -0.195. The van der Waals surface area contributed by atoms with Crippen LogP contribution in [0.5, 0.6) is 0 Å². The van der Waals surface area contributed by atoms with Crippen molar-refractivity contribution in [2.75, 3.05) is 13.1 Å². The number of nitrogens with two attached hydrogens (primary N) is 1. The molecule has 2 N–H and O–H groups in total. The van der Waals surface area contributed by atoms with Gasteiger partial charge in [-0.25, -0.2) is 4.39 Å². The van der Waals surface area contributed by atoms with Crippen LogP contribution in [0.4, 0.5) is 4.39 Å². The molecule has 1 aromatic carbocycles. The van der Waals surface area contributed by atoms with Gasteiger partial charge >= 0.3 is 0 Å². The summed E-state index contributed by atoms with van der Waals surface area (Å²) in [6.07, 6.45) is 3.37. The molecule has 1 saturated heterocycles. The molecule has 0 atom stereocenters. The SMILES string of the molecule is Cc1ccc(CCC(=O)N2CCCC2)c(F)c1.NC=O. The standard InChI is InChI=1S/C14H18FNO.CH3NO/c1-11-4-5-12(13(15)10-11)6-7-14(17)16-8-2-3-9-16;2-1-3/h4-5,10H,2-3,6-9H2,1H3;1H,(H2,2,3). The van der Waals surface area contributed by atoms with Crippen LogP contribution in [0.25, 0.3) is 0 Å². The molecule has 20 heavy (non-hydrogen) atoms. The second-order valence-electron chi connectivity index (χ2n) is 4.82. The maximum absolute atomic E-state index is 13.6. The molecule has 1 aliphatic rings. The zero-order valence-corrected chi connectivity index (χ0v) is 11.8. The average Bonchev–Trinajstić information content (AvgIpc) is 2.92. The normalized spacial score (nSPS) is 13.6. The first-order valence-corrected chi connectivity index (χ1v) is 6.76. The zero-order valence-electron chi connectivity index (χ0n) is 11.8. The Morgan fingerprint density at radius 3 is 2.55 bits per heavy atom. The number of benzene rings is 1. The first-order valence-electron chi connectivity index (χ1n) is 6.76. The van der Waals surface area contributed by atoms with Gasteiger partial charge in [0.2, 0.25) is 12.3 Å². The van der Waals surface area contributed by atoms with E-state index in [0.29, 0.717) is 18.4 Å². The highest BCUT2D eigenvalue weighted by Crippen LogP contribution is 2.14. The van der Waals surface area contributed by atoms with Crippen molar-refractivity contribution >= 4 is 12.3 Å². The molecule has 0 aliphatic carbocycles. The molecule has 4 nitrogen and oxygen atoms in total. The summed E-state index contributed by atoms with van der Waals surface area (Å²) in [7, 11) is 0. The quantitative estimate of drug-likeness (QED) is 0.858. The Bertz CT molecular complexity index is 457. The topological polar surface area (TPSA) is 63.4 Å². The van der Waals surface area contributed by atoms with Gasteiger partial charge in [0.25, 0.3) is 0 Å². The fourth-order valence-corrected chi connectivity index (χ4v) is 2.22. The lowest BCUT2D eigenvalue weighted by Gasteiger charge is -2.15. The van der Waals surface area contributed by atoms with E-state index in [1.54, 1.807) is 6.07 Å². The summed E-state index contributed by atoms with van der Waals surface area (Å²) in [6, 6.07) is 5.19. The predicted octanol–water partition coefficient (Wildman–Crippen LogP) is 1.79. The summed E-state index contributed by atoms with van der Waals surface area (Å²) in [4.78, 5) is 22.3. The van der Waals surface area contributed by atoms with Gasteiger partial charge in [0, 0.05) is 19.5 Å². The number of amides is 2. The molecular formula is C15H21FN2O2. The molecule has 5 heteroatoms. The Morgan fingerprint density at radius 2 is 2.00 bits per heavy atom. The summed E-state index contributed by atoms with van der Waals surface area (Å²) in [6.45, 7) is 3.60. The van der Waals surface area contributed by atoms with E-state index < -0.39 is 0 Å². The van der Waals surface area contributed by atoms with Crippen molar-refractivity contribution in [3.63, 3.8) is 0 Å². The molecule has 110 valence electrons. The molecule has 2 rings (SSSR count). The van der Waals surface area contributed by atoms with Crippen LogP contribution in [0, 0.1) is 12.7 Å². The van der Waals surface area contributed by atoms with Crippen molar-refractivity contribution in [1.82, 2.24) is 4.90 Å². The van der Waals surface area contributed by atoms with Crippen LogP contribution in [-0.2, 0) is 16.0 Å². The van der Waals surface area contributed by atoms with Gasteiger partial charge in [-0.3, -0.25) is 9.59 Å². The van der Waals surface area contributed by atoms with Gasteiger partial charge in [0.05, 0.1) is 0 Å². The molecule has 1 aliphatic heterocycles. The van der Waals surface area contributed by atoms with Gasteiger partial charge in [-0.2, -0.15) is 0 Å². The summed E-state index contributed by atoms with van der Waals surface area (Å²) >= 11 is 0. The Balaban J connectivity index is 0.000000612. The Hall–Kier alpha value is -1.91. The third-order valence-electron chi connectivity index (χ3n) is 3.28. The summed E-state index contributed by atoms with van der Waals surface area (Å²) < 4.78 is 13.6. The van der Waals surface area contributed by atoms with Gasteiger partial charge in [-0.05, 0) is 43.4 Å². The van der Waals surface area contributed by atoms with E-state index in [-0.39, 0.29) is 18.1 Å². The molecule has 1 aromatic rings. The van der Waals surface area contributed by atoms with Crippen LogP contribution in [0.1, 0.15) is 30.4 Å². The second kappa shape index (κ2) is 8.30. The van der Waals surface area contributed by atoms with Crippen LogP contribution < -0.4 is 5.73 Å². The summed E-state index contributed by atoms with van der Waals surface area (Å²) in [5, 5.41) is 0. The van der Waals surface area contributed by atoms with Gasteiger partial charge in [-0.1, -0.05) is 12.1 Å². The van der Waals surface area contributed by atoms with Crippen LogP contribution >= 0.6 is 0 Å². The largest absolute Gasteiger partial charge is 0.372 e. The lowest BCUT2D eigenvalue weighted by molar-refractivity contribution is -0.130. The molecule has 0 saturated carbocycles. The molecule has 0 radical (unpaired) electrons. The summed E-state index contributed by atoms with van der Waals surface area (Å²) in [5.74, 6) is -0.0401. The fraction of sp³-hybridized carbons (Fsp3) is 0.467. The lowest BCUT2D eigenvalue weighted by atomic mass is 10.1. The second-order valence-corrected chi connectivity index (χ2v) is 4.82. The van der Waals surface area contributed by atoms with Gasteiger partial charge in [0.15, 0.2) is 0 Å². The number of hydrogen-bond acceptors (Lipinski definition) is 2. The van der Waals surface area contributed by atoms with E-state index in [1.165, 1.54) is 6.07 Å². The average molecular weight is 280 g/mol. The zero-order chi connectivity index (χ0) is 15.0. The number of likely N-dealkylation sites (tertiary alicyclic amines) is 1. The Labute approximate surface area is 118 Å². The van der Waals surface area contributed by atoms with E-state index in [4.69, 9.17) is 4.79 Å². The lowest BCUT2D eigenvalue weighted by Crippen LogP contribution is -2.27. The molecule has 1 heterocycles. The number of primary amides is 1. The minimum absolute atomic E-state index is 0.155. The fourth-order valence-electron chi connectivity index (χ4n) is 2.22. The maximum Gasteiger partial charge on any atom is 0.222 e. The van der Waals surface area contributed by atoms with E-state index in [2.05, 4.69) is 5.73 Å². The first-order chi connectivity index (χ1) is 9.58. The molecule has 0 spiro atoms. The smallest absolute Gasteiger partial charge is 0.222 e. The molecule has 0 bridgehead atoms. The van der Waals surface area contributed by atoms with Crippen molar-refractivity contribution in [3.05, 3.63) is 35.1 Å². The Morgan fingerprint density at radius 1 is 1.40 bits per heavy atom. The maximum atomic E-state index is 13.6. The van der Waals surface area contributed by atoms with Crippen molar-refractivity contribution in [2.24, 2.45) is 5.73 Å². The van der Waals surface area contributed by atoms with E-state index in [0.717, 1.165) is 31.5 Å². The third-order valence-corrected chi connectivity index (χ3v) is 3.28. The number of nitrogens with zero attached hydrogens (tertiary/aromatic N) is 1. The van der Waals surface area contributed by atoms with E-state index in [9.17, 15) is 9.18 Å². The number of hydrogen-bond donors (Lipinski definition) is 1. The van der Waals surface area contributed by atoms with Crippen LogP contribution in [0.3, 0.4) is 0 Å². The molecule has 0 aromatic heterocycles. The van der Waals surface area contributed by atoms with Crippen molar-refractivity contribution in [3.8, 4) is 0 Å². The highest BCUT2D eigenvalue weighted by molar-refractivity contribution is 5.76. The van der Waals surface area contributed by atoms with Crippen LogP contribution in [0.2, 0.25) is 0 Å². The van der Waals surface area contributed by atoms with Crippen molar-refractivity contribution in [1.29, 1.82) is 0 Å². The minimum Gasteiger partial charge on any atom is -0.372 e. The van der Waals surface area contributed by atoms with E-state index >= 15 is 0 Å². The van der Waals surface area contributed by atoms with Crippen LogP contribution in [-0.4, -0.2) is 30.3 Å². The molecule has 2 amide bonds. The van der Waals surface area contributed by atoms with Crippen LogP contribution in [0.15, 0.2) is 18.2 Å². The monoisotopic (exact) mass is 280 g/mol. The van der Waals surface area contributed by atoms with Crippen molar-refractivity contribution < 1.29 is 14.0 Å². The van der Waals surface area contributed by atoms with Crippen molar-refractivity contribution in [2.45, 2.75) is 32.6 Å². The molecule has 1 fully saturated rings. The highest BCUT2D eigenvalue weighted by atomic mass is 19.1. The number of rotatable bonds is 3. The number of halogens is 1. The molecule has 0 unspecified atom stereocenters.